The van der Waals surface area contributed by atoms with Crippen LogP contribution in [-0.2, 0) is 19.1 Å². The van der Waals surface area contributed by atoms with E-state index in [1.54, 1.807) is 39.7 Å². The Balaban J connectivity index is 1.24. The number of amides is 3. The summed E-state index contributed by atoms with van der Waals surface area (Å²) in [7, 11) is 1.65. The average Bonchev–Trinajstić information content (AvgIpc) is 3.39. The molecule has 1 aromatic rings. The minimum atomic E-state index is -0.788. The lowest BCUT2D eigenvalue weighted by Gasteiger charge is -2.53. The van der Waals surface area contributed by atoms with Crippen LogP contribution in [0.1, 0.15) is 78.9 Å². The second-order valence-electron chi connectivity index (χ2n) is 13.4. The van der Waals surface area contributed by atoms with E-state index in [-0.39, 0.29) is 35.9 Å². The molecule has 0 aliphatic carbocycles. The van der Waals surface area contributed by atoms with Gasteiger partial charge in [0.15, 0.2) is 0 Å². The van der Waals surface area contributed by atoms with Crippen molar-refractivity contribution in [1.29, 1.82) is 0 Å². The summed E-state index contributed by atoms with van der Waals surface area (Å²) in [6.45, 7) is 12.9. The summed E-state index contributed by atoms with van der Waals surface area (Å²) in [5.41, 5.74) is -0.0433. The molecule has 3 amide bonds. The quantitative estimate of drug-likeness (QED) is 0.581. The second kappa shape index (κ2) is 11.0. The average molecular weight is 572 g/mol. The molecule has 0 bridgehead atoms. The van der Waals surface area contributed by atoms with Crippen LogP contribution in [0.15, 0.2) is 18.2 Å². The molecule has 1 N–H and O–H groups in total. The molecule has 6 atom stereocenters. The van der Waals surface area contributed by atoms with Crippen molar-refractivity contribution in [3.8, 4) is 11.5 Å². The van der Waals surface area contributed by atoms with Crippen LogP contribution in [0.5, 0.6) is 11.5 Å². The summed E-state index contributed by atoms with van der Waals surface area (Å²) in [4.78, 5) is 42.9. The maximum absolute atomic E-state index is 13.8. The van der Waals surface area contributed by atoms with Crippen molar-refractivity contribution in [2.24, 2.45) is 11.8 Å². The first-order valence-corrected chi connectivity index (χ1v) is 14.9. The van der Waals surface area contributed by atoms with E-state index in [2.05, 4.69) is 19.2 Å². The summed E-state index contributed by atoms with van der Waals surface area (Å²) >= 11 is 0. The van der Waals surface area contributed by atoms with Crippen molar-refractivity contribution >= 4 is 17.9 Å². The number of hydrogen-bond acceptors (Lipinski definition) is 7. The van der Waals surface area contributed by atoms with Crippen LogP contribution in [0.4, 0.5) is 4.79 Å². The molecule has 5 rings (SSSR count). The number of carbonyl (C=O) groups excluding carboxylic acids is 3. The monoisotopic (exact) mass is 571 g/mol. The van der Waals surface area contributed by atoms with Crippen molar-refractivity contribution in [3.05, 3.63) is 23.8 Å². The van der Waals surface area contributed by atoms with Crippen molar-refractivity contribution in [2.75, 3.05) is 26.7 Å². The van der Waals surface area contributed by atoms with Crippen LogP contribution < -0.4 is 14.8 Å². The van der Waals surface area contributed by atoms with Gasteiger partial charge in [0.25, 0.3) is 0 Å². The molecule has 0 unspecified atom stereocenters. The van der Waals surface area contributed by atoms with Crippen LogP contribution in [0.25, 0.3) is 0 Å². The number of carbonyl (C=O) groups is 3. The van der Waals surface area contributed by atoms with E-state index in [1.807, 2.05) is 23.1 Å². The van der Waals surface area contributed by atoms with Gasteiger partial charge in [-0.2, -0.15) is 0 Å². The first-order valence-electron chi connectivity index (χ1n) is 14.9. The fraction of sp³-hybridized carbons (Fsp3) is 0.710. The number of hydrogen-bond donors (Lipinski definition) is 1. The summed E-state index contributed by atoms with van der Waals surface area (Å²) in [5.74, 6) is 1.62. The highest BCUT2D eigenvalue weighted by molar-refractivity contribution is 5.91. The van der Waals surface area contributed by atoms with Gasteiger partial charge in [-0.3, -0.25) is 9.59 Å². The Hall–Kier alpha value is -3.01. The largest absolute Gasteiger partial charge is 0.497 e. The number of methoxy groups -OCH3 is 1. The number of likely N-dealkylation sites (tertiary alicyclic amines) is 2. The predicted molar refractivity (Wildman–Crippen MR) is 152 cm³/mol. The van der Waals surface area contributed by atoms with Gasteiger partial charge in [-0.1, -0.05) is 0 Å². The predicted octanol–water partition coefficient (Wildman–Crippen LogP) is 4.07. The van der Waals surface area contributed by atoms with Crippen LogP contribution in [-0.4, -0.2) is 83.8 Å². The van der Waals surface area contributed by atoms with Gasteiger partial charge >= 0.3 is 6.09 Å². The normalized spacial score (nSPS) is 29.3. The topological polar surface area (TPSA) is 107 Å². The van der Waals surface area contributed by atoms with E-state index >= 15 is 0 Å². The smallest absolute Gasteiger partial charge is 0.408 e. The van der Waals surface area contributed by atoms with Gasteiger partial charge in [-0.25, -0.2) is 4.79 Å². The van der Waals surface area contributed by atoms with Gasteiger partial charge in [0.05, 0.1) is 19.3 Å². The Labute approximate surface area is 243 Å². The zero-order chi connectivity index (χ0) is 29.7. The molecule has 3 fully saturated rings. The van der Waals surface area contributed by atoms with E-state index in [9.17, 15) is 14.4 Å². The number of benzene rings is 1. The number of fused-ring (bicyclic) bond motifs is 4. The molecular weight excluding hydrogens is 526 g/mol. The lowest BCUT2D eigenvalue weighted by Crippen LogP contribution is -2.58. The molecule has 3 saturated heterocycles. The third-order valence-corrected chi connectivity index (χ3v) is 8.94. The van der Waals surface area contributed by atoms with Gasteiger partial charge < -0.3 is 34.1 Å². The summed E-state index contributed by atoms with van der Waals surface area (Å²) < 4.78 is 23.9. The van der Waals surface area contributed by atoms with E-state index in [4.69, 9.17) is 18.9 Å². The fourth-order valence-electron chi connectivity index (χ4n) is 6.90. The molecule has 4 aliphatic heterocycles. The zero-order valence-corrected chi connectivity index (χ0v) is 25.4. The molecule has 0 spiro atoms. The Morgan fingerprint density at radius 2 is 1.90 bits per heavy atom. The van der Waals surface area contributed by atoms with Gasteiger partial charge in [0.2, 0.25) is 11.8 Å². The third kappa shape index (κ3) is 5.98. The molecule has 4 aliphatic rings. The number of ether oxygens (including phenoxy) is 4. The first kappa shape index (κ1) is 29.5. The highest BCUT2D eigenvalue weighted by Gasteiger charge is 2.52. The number of piperidine rings is 1. The van der Waals surface area contributed by atoms with Gasteiger partial charge in [0, 0.05) is 43.1 Å². The maximum atomic E-state index is 13.8. The number of nitrogens with one attached hydrogen (secondary N) is 1. The Kier molecular flexibility index (Phi) is 7.91. The summed E-state index contributed by atoms with van der Waals surface area (Å²) in [6, 6.07) is 4.62. The molecule has 0 aromatic heterocycles. The van der Waals surface area contributed by atoms with Crippen molar-refractivity contribution in [1.82, 2.24) is 15.1 Å². The Bertz CT molecular complexity index is 1180. The molecule has 10 nitrogen and oxygen atoms in total. The van der Waals surface area contributed by atoms with E-state index in [1.165, 1.54) is 0 Å². The van der Waals surface area contributed by atoms with E-state index in [0.717, 1.165) is 36.3 Å². The first-order chi connectivity index (χ1) is 19.3. The zero-order valence-electron chi connectivity index (χ0n) is 25.4. The highest BCUT2D eigenvalue weighted by atomic mass is 16.6. The van der Waals surface area contributed by atoms with Crippen LogP contribution >= 0.6 is 0 Å². The molecule has 4 heterocycles. The van der Waals surface area contributed by atoms with Crippen LogP contribution in [0, 0.1) is 11.8 Å². The van der Waals surface area contributed by atoms with E-state index < -0.39 is 29.4 Å². The van der Waals surface area contributed by atoms with Crippen LogP contribution in [0.3, 0.4) is 0 Å². The Morgan fingerprint density at radius 3 is 2.61 bits per heavy atom. The lowest BCUT2D eigenvalue weighted by molar-refractivity contribution is -0.189. The molecular formula is C31H45N3O7. The molecule has 0 radical (unpaired) electrons. The number of rotatable bonds is 4. The lowest BCUT2D eigenvalue weighted by atomic mass is 9.70. The standard InChI is InChI=1S/C31H45N3O7/c1-18(32-29(37)41-30(2,3)4)27(35)34-13-8-9-23(34)28(36)33-14-12-24-19(17-33)15-22-26(39-24)21-11-10-20(38-7)16-25(21)40-31(22,5)6/h10-11,16,18-19,22-24,26H,8-9,12-15,17H2,1-7H3,(H,32,37)/t18-,19-,22+,23+,24+,26-/m1/s1. The molecule has 10 heteroatoms. The van der Waals surface area contributed by atoms with Gasteiger partial charge in [-0.15, -0.1) is 0 Å². The van der Waals surface area contributed by atoms with Gasteiger partial charge in [-0.05, 0) is 79.4 Å². The fourth-order valence-corrected chi connectivity index (χ4v) is 6.90. The number of nitrogens with zero attached hydrogens (tertiary/aromatic N) is 2. The van der Waals surface area contributed by atoms with E-state index in [0.29, 0.717) is 26.1 Å². The SMILES string of the molecule is COc1ccc2c(c1)OC(C)(C)[C@H]1C[C@@H]3CN(C(=O)[C@@H]4CCCN4C(=O)[C@@H](C)NC(=O)OC(C)(C)C)CC[C@@H]3O[C@H]21. The Morgan fingerprint density at radius 1 is 1.15 bits per heavy atom. The minimum Gasteiger partial charge on any atom is -0.497 e. The number of alkyl carbamates (subject to hydrolysis) is 1. The summed E-state index contributed by atoms with van der Waals surface area (Å²) in [5, 5.41) is 2.62. The molecule has 41 heavy (non-hydrogen) atoms. The van der Waals surface area contributed by atoms with Crippen LogP contribution in [0.2, 0.25) is 0 Å². The molecule has 226 valence electrons. The third-order valence-electron chi connectivity index (χ3n) is 8.94. The van der Waals surface area contributed by atoms with Crippen molar-refractivity contribution < 1.29 is 33.3 Å². The maximum Gasteiger partial charge on any atom is 0.408 e. The van der Waals surface area contributed by atoms with Gasteiger partial charge in [0.1, 0.15) is 34.8 Å². The second-order valence-corrected chi connectivity index (χ2v) is 13.4. The highest BCUT2D eigenvalue weighted by Crippen LogP contribution is 2.53. The molecule has 0 saturated carbocycles. The molecule has 1 aromatic carbocycles. The van der Waals surface area contributed by atoms with Crippen molar-refractivity contribution in [2.45, 2.75) is 103 Å². The van der Waals surface area contributed by atoms with Crippen molar-refractivity contribution in [3.63, 3.8) is 0 Å². The minimum absolute atomic E-state index is 0.0162. The summed E-state index contributed by atoms with van der Waals surface area (Å²) in [6.07, 6.45) is 2.37.